The van der Waals surface area contributed by atoms with Gasteiger partial charge in [0.15, 0.2) is 0 Å². The van der Waals surface area contributed by atoms with Crippen LogP contribution < -0.4 is 10.6 Å². The lowest BCUT2D eigenvalue weighted by molar-refractivity contribution is 0.0600. The van der Waals surface area contributed by atoms with Crippen LogP contribution in [0.5, 0.6) is 0 Å². The number of aromatic nitrogens is 1. The van der Waals surface area contributed by atoms with E-state index in [1.54, 1.807) is 6.20 Å². The normalized spacial score (nSPS) is 16.0. The second-order valence-electron chi connectivity index (χ2n) is 4.93. The lowest BCUT2D eigenvalue weighted by Crippen LogP contribution is -2.28. The number of pyridine rings is 1. The minimum absolute atomic E-state index is 0.364. The number of nitrogens with zero attached hydrogens (tertiary/aromatic N) is 2. The molecule has 0 radical (unpaired) electrons. The minimum atomic E-state index is -0.364. The lowest BCUT2D eigenvalue weighted by Gasteiger charge is -2.24. The fourth-order valence-corrected chi connectivity index (χ4v) is 2.47. The third-order valence-corrected chi connectivity index (χ3v) is 3.65. The van der Waals surface area contributed by atoms with Gasteiger partial charge in [0.1, 0.15) is 11.4 Å². The molecule has 0 bridgehead atoms. The van der Waals surface area contributed by atoms with Crippen molar-refractivity contribution >= 4 is 17.5 Å². The summed E-state index contributed by atoms with van der Waals surface area (Å²) in [6.45, 7) is 3.70. The number of esters is 1. The average Bonchev–Trinajstić information content (AvgIpc) is 2.69. The Hall–Kier alpha value is -1.78. The van der Waals surface area contributed by atoms with Crippen molar-refractivity contribution in [1.82, 2.24) is 4.98 Å². The lowest BCUT2D eigenvalue weighted by atomic mass is 10.1. The van der Waals surface area contributed by atoms with E-state index in [1.807, 2.05) is 6.92 Å². The molecule has 19 heavy (non-hydrogen) atoms. The summed E-state index contributed by atoms with van der Waals surface area (Å²) in [4.78, 5) is 18.5. The van der Waals surface area contributed by atoms with Gasteiger partial charge in [-0.1, -0.05) is 12.8 Å². The summed E-state index contributed by atoms with van der Waals surface area (Å²) in [6, 6.07) is 0. The van der Waals surface area contributed by atoms with Crippen molar-refractivity contribution in [2.75, 3.05) is 30.8 Å². The van der Waals surface area contributed by atoms with E-state index in [-0.39, 0.29) is 5.97 Å². The smallest absolute Gasteiger partial charge is 0.341 e. The first kappa shape index (κ1) is 13.6. The largest absolute Gasteiger partial charge is 0.465 e. The Balaban J connectivity index is 2.43. The van der Waals surface area contributed by atoms with Gasteiger partial charge in [-0.25, -0.2) is 9.78 Å². The molecule has 0 spiro atoms. The number of hydrogen-bond donors (Lipinski definition) is 1. The second-order valence-corrected chi connectivity index (χ2v) is 4.93. The summed E-state index contributed by atoms with van der Waals surface area (Å²) in [5.41, 5.74) is 7.64. The molecule has 5 nitrogen and oxygen atoms in total. The predicted molar refractivity (Wildman–Crippen MR) is 75.4 cm³/mol. The van der Waals surface area contributed by atoms with Crippen LogP contribution >= 0.6 is 0 Å². The number of nitrogen functional groups attached to an aromatic ring is 1. The highest BCUT2D eigenvalue weighted by Gasteiger charge is 2.23. The third kappa shape index (κ3) is 2.80. The summed E-state index contributed by atoms with van der Waals surface area (Å²) >= 11 is 0. The maximum absolute atomic E-state index is 12.0. The molecule has 2 heterocycles. The molecule has 0 aromatic carbocycles. The van der Waals surface area contributed by atoms with Crippen LogP contribution in [-0.4, -0.2) is 31.2 Å². The minimum Gasteiger partial charge on any atom is -0.465 e. The van der Waals surface area contributed by atoms with Crippen LogP contribution in [0.15, 0.2) is 6.20 Å². The van der Waals surface area contributed by atoms with E-state index in [0.717, 1.165) is 31.5 Å². The van der Waals surface area contributed by atoms with Crippen molar-refractivity contribution in [3.63, 3.8) is 0 Å². The Morgan fingerprint density at radius 2 is 1.95 bits per heavy atom. The molecule has 2 N–H and O–H groups in total. The average molecular weight is 263 g/mol. The van der Waals surface area contributed by atoms with Gasteiger partial charge in [-0.3, -0.25) is 0 Å². The van der Waals surface area contributed by atoms with Gasteiger partial charge in [0.2, 0.25) is 0 Å². The summed E-state index contributed by atoms with van der Waals surface area (Å²) in [5, 5.41) is 0. The molecule has 1 aromatic rings. The van der Waals surface area contributed by atoms with E-state index in [9.17, 15) is 4.79 Å². The highest BCUT2D eigenvalue weighted by atomic mass is 16.5. The Labute approximate surface area is 113 Å². The molecule has 0 unspecified atom stereocenters. The second kappa shape index (κ2) is 5.91. The number of nitrogens with two attached hydrogens (primary N) is 1. The van der Waals surface area contributed by atoms with E-state index in [4.69, 9.17) is 10.5 Å². The third-order valence-electron chi connectivity index (χ3n) is 3.65. The molecule has 1 aliphatic heterocycles. The molecule has 0 atom stereocenters. The number of carbonyl (C=O) groups is 1. The number of methoxy groups -OCH3 is 1. The Morgan fingerprint density at radius 1 is 1.32 bits per heavy atom. The first-order chi connectivity index (χ1) is 9.15. The summed E-state index contributed by atoms with van der Waals surface area (Å²) in [6.07, 6.45) is 6.36. The fraction of sp³-hybridized carbons (Fsp3) is 0.571. The molecule has 5 heteroatoms. The van der Waals surface area contributed by atoms with Gasteiger partial charge in [-0.05, 0) is 25.3 Å². The van der Waals surface area contributed by atoms with Crippen LogP contribution in [0.3, 0.4) is 0 Å². The first-order valence-corrected chi connectivity index (χ1v) is 6.73. The molecular weight excluding hydrogens is 242 g/mol. The van der Waals surface area contributed by atoms with Gasteiger partial charge in [0, 0.05) is 13.1 Å². The van der Waals surface area contributed by atoms with E-state index < -0.39 is 0 Å². The molecule has 2 rings (SSSR count). The van der Waals surface area contributed by atoms with Gasteiger partial charge in [-0.2, -0.15) is 0 Å². The van der Waals surface area contributed by atoms with Crippen molar-refractivity contribution in [1.29, 1.82) is 0 Å². The van der Waals surface area contributed by atoms with Gasteiger partial charge in [-0.15, -0.1) is 0 Å². The van der Waals surface area contributed by atoms with E-state index >= 15 is 0 Å². The number of rotatable bonds is 2. The first-order valence-electron chi connectivity index (χ1n) is 6.73. The maximum Gasteiger partial charge on any atom is 0.341 e. The van der Waals surface area contributed by atoms with Gasteiger partial charge in [0.25, 0.3) is 0 Å². The van der Waals surface area contributed by atoms with Crippen LogP contribution in [0.1, 0.15) is 41.6 Å². The number of hydrogen-bond acceptors (Lipinski definition) is 5. The molecule has 0 aliphatic carbocycles. The number of ether oxygens (including phenoxy) is 1. The van der Waals surface area contributed by atoms with E-state index in [2.05, 4.69) is 9.88 Å². The number of anilines is 2. The number of carbonyl (C=O) groups excluding carboxylic acids is 1. The summed E-state index contributed by atoms with van der Waals surface area (Å²) in [5.74, 6) is 0.344. The zero-order chi connectivity index (χ0) is 13.8. The van der Waals surface area contributed by atoms with Gasteiger partial charge < -0.3 is 15.4 Å². The zero-order valence-corrected chi connectivity index (χ0v) is 11.6. The highest BCUT2D eigenvalue weighted by Crippen LogP contribution is 2.27. The van der Waals surface area contributed by atoms with Crippen LogP contribution in [0.2, 0.25) is 0 Å². The fourth-order valence-electron chi connectivity index (χ4n) is 2.47. The molecule has 104 valence electrons. The Bertz CT molecular complexity index is 466. The standard InChI is InChI=1S/C14H21N3O2/c1-10-11(15)9-16-13(12(10)14(18)19-2)17-7-5-3-4-6-8-17/h9H,3-8,15H2,1-2H3. The highest BCUT2D eigenvalue weighted by molar-refractivity contribution is 5.97. The molecule has 1 saturated heterocycles. The van der Waals surface area contributed by atoms with Crippen LogP contribution in [-0.2, 0) is 4.74 Å². The van der Waals surface area contributed by atoms with Crippen LogP contribution in [0, 0.1) is 6.92 Å². The SMILES string of the molecule is COC(=O)c1c(N2CCCCCC2)ncc(N)c1C. The zero-order valence-electron chi connectivity index (χ0n) is 11.6. The molecule has 0 saturated carbocycles. The van der Waals surface area contributed by atoms with Crippen molar-refractivity contribution in [2.24, 2.45) is 0 Å². The van der Waals surface area contributed by atoms with Crippen molar-refractivity contribution in [2.45, 2.75) is 32.6 Å². The molecule has 1 fully saturated rings. The van der Waals surface area contributed by atoms with Crippen molar-refractivity contribution in [3.05, 3.63) is 17.3 Å². The summed E-state index contributed by atoms with van der Waals surface area (Å²) in [7, 11) is 1.39. The van der Waals surface area contributed by atoms with Crippen molar-refractivity contribution < 1.29 is 9.53 Å². The van der Waals surface area contributed by atoms with E-state index in [0.29, 0.717) is 17.1 Å². The molecular formula is C14H21N3O2. The van der Waals surface area contributed by atoms with Gasteiger partial charge in [0.05, 0.1) is 19.0 Å². The molecule has 0 amide bonds. The summed E-state index contributed by atoms with van der Waals surface area (Å²) < 4.78 is 4.87. The van der Waals surface area contributed by atoms with Crippen molar-refractivity contribution in [3.8, 4) is 0 Å². The maximum atomic E-state index is 12.0. The monoisotopic (exact) mass is 263 g/mol. The Kier molecular flexibility index (Phi) is 4.24. The quantitative estimate of drug-likeness (QED) is 0.828. The molecule has 1 aliphatic rings. The molecule has 1 aromatic heterocycles. The van der Waals surface area contributed by atoms with Crippen LogP contribution in [0.4, 0.5) is 11.5 Å². The Morgan fingerprint density at radius 3 is 2.53 bits per heavy atom. The van der Waals surface area contributed by atoms with Crippen LogP contribution in [0.25, 0.3) is 0 Å². The predicted octanol–water partition coefficient (Wildman–Crippen LogP) is 2.14. The van der Waals surface area contributed by atoms with Gasteiger partial charge >= 0.3 is 5.97 Å². The topological polar surface area (TPSA) is 68.5 Å². The van der Waals surface area contributed by atoms with E-state index in [1.165, 1.54) is 20.0 Å².